The monoisotopic (exact) mass is 282 g/mol. The van der Waals surface area contributed by atoms with E-state index in [0.717, 1.165) is 13.0 Å². The molecule has 1 N–H and O–H groups in total. The lowest BCUT2D eigenvalue weighted by Crippen LogP contribution is -2.25. The molecule has 0 aromatic heterocycles. The fourth-order valence-electron chi connectivity index (χ4n) is 2.53. The molecule has 0 heterocycles. The number of nitrogens with zero attached hydrogens (tertiary/aromatic N) is 1. The van der Waals surface area contributed by atoms with Gasteiger partial charge in [0.1, 0.15) is 0 Å². The zero-order chi connectivity index (χ0) is 15.2. The Labute approximate surface area is 128 Å². The first-order chi connectivity index (χ1) is 10.1. The van der Waals surface area contributed by atoms with Crippen LogP contribution in [0.1, 0.15) is 29.2 Å². The second-order valence-electron chi connectivity index (χ2n) is 5.80. The summed E-state index contributed by atoms with van der Waals surface area (Å²) < 4.78 is 0. The van der Waals surface area contributed by atoms with Crippen molar-refractivity contribution in [2.45, 2.75) is 26.3 Å². The summed E-state index contributed by atoms with van der Waals surface area (Å²) in [6.07, 6.45) is 1.09. The Kier molecular flexibility index (Phi) is 5.40. The minimum atomic E-state index is 0.401. The molecule has 0 saturated carbocycles. The van der Waals surface area contributed by atoms with Crippen LogP contribution in [0.15, 0.2) is 48.5 Å². The highest BCUT2D eigenvalue weighted by molar-refractivity contribution is 5.46. The minimum absolute atomic E-state index is 0.401. The van der Waals surface area contributed by atoms with Gasteiger partial charge >= 0.3 is 0 Å². The van der Waals surface area contributed by atoms with Crippen molar-refractivity contribution in [1.82, 2.24) is 5.32 Å². The molecule has 0 bridgehead atoms. The fourth-order valence-corrected chi connectivity index (χ4v) is 2.53. The molecule has 0 saturated heterocycles. The lowest BCUT2D eigenvalue weighted by Gasteiger charge is -2.23. The van der Waals surface area contributed by atoms with Crippen LogP contribution in [0.2, 0.25) is 0 Å². The third kappa shape index (κ3) is 4.33. The quantitative estimate of drug-likeness (QED) is 0.858. The lowest BCUT2D eigenvalue weighted by molar-refractivity contribution is 0.549. The standard InChI is InChI=1S/C19H26N2/c1-15-5-9-17(10-6-15)19(20-3)13-14-21(4)18-11-7-16(2)8-12-18/h5-12,19-20H,13-14H2,1-4H3. The molecule has 0 aliphatic rings. The number of anilines is 1. The molecular weight excluding hydrogens is 256 g/mol. The molecule has 2 nitrogen and oxygen atoms in total. The smallest absolute Gasteiger partial charge is 0.0363 e. The van der Waals surface area contributed by atoms with E-state index in [-0.39, 0.29) is 0 Å². The van der Waals surface area contributed by atoms with Crippen LogP contribution in [0.4, 0.5) is 5.69 Å². The van der Waals surface area contributed by atoms with Crippen molar-refractivity contribution in [2.75, 3.05) is 25.5 Å². The summed E-state index contributed by atoms with van der Waals surface area (Å²) in [4.78, 5) is 2.32. The number of hydrogen-bond acceptors (Lipinski definition) is 2. The van der Waals surface area contributed by atoms with Crippen LogP contribution >= 0.6 is 0 Å². The molecule has 0 aliphatic heterocycles. The van der Waals surface area contributed by atoms with Gasteiger partial charge in [-0.15, -0.1) is 0 Å². The molecule has 0 radical (unpaired) electrons. The molecule has 2 aromatic rings. The van der Waals surface area contributed by atoms with E-state index >= 15 is 0 Å². The van der Waals surface area contributed by atoms with Crippen molar-refractivity contribution in [3.05, 3.63) is 65.2 Å². The molecule has 2 aromatic carbocycles. The Balaban J connectivity index is 1.96. The van der Waals surface area contributed by atoms with Gasteiger partial charge in [0.25, 0.3) is 0 Å². The molecular formula is C19H26N2. The van der Waals surface area contributed by atoms with Gasteiger partial charge < -0.3 is 10.2 Å². The average molecular weight is 282 g/mol. The van der Waals surface area contributed by atoms with Crippen molar-refractivity contribution in [3.8, 4) is 0 Å². The van der Waals surface area contributed by atoms with Gasteiger partial charge in [0.15, 0.2) is 0 Å². The van der Waals surface area contributed by atoms with Crippen LogP contribution in [0.5, 0.6) is 0 Å². The first kappa shape index (κ1) is 15.6. The summed E-state index contributed by atoms with van der Waals surface area (Å²) in [6, 6.07) is 17.9. The van der Waals surface area contributed by atoms with E-state index in [4.69, 9.17) is 0 Å². The normalized spacial score (nSPS) is 12.2. The molecule has 21 heavy (non-hydrogen) atoms. The zero-order valence-electron chi connectivity index (χ0n) is 13.6. The van der Waals surface area contributed by atoms with E-state index in [1.54, 1.807) is 0 Å². The molecule has 0 spiro atoms. The maximum atomic E-state index is 3.43. The Morgan fingerprint density at radius 1 is 0.905 bits per heavy atom. The topological polar surface area (TPSA) is 15.3 Å². The van der Waals surface area contributed by atoms with Gasteiger partial charge in [-0.1, -0.05) is 47.5 Å². The van der Waals surface area contributed by atoms with Crippen LogP contribution in [0, 0.1) is 13.8 Å². The molecule has 0 aliphatic carbocycles. The molecule has 1 atom stereocenters. The van der Waals surface area contributed by atoms with Gasteiger partial charge in [-0.25, -0.2) is 0 Å². The molecule has 2 rings (SSSR count). The van der Waals surface area contributed by atoms with Crippen molar-refractivity contribution in [3.63, 3.8) is 0 Å². The van der Waals surface area contributed by atoms with E-state index in [9.17, 15) is 0 Å². The molecule has 2 heteroatoms. The highest BCUT2D eigenvalue weighted by atomic mass is 15.1. The summed E-state index contributed by atoms with van der Waals surface area (Å²) in [7, 11) is 4.20. The van der Waals surface area contributed by atoms with Gasteiger partial charge in [-0.05, 0) is 45.0 Å². The minimum Gasteiger partial charge on any atom is -0.375 e. The summed E-state index contributed by atoms with van der Waals surface area (Å²) in [5.74, 6) is 0. The number of aryl methyl sites for hydroxylation is 2. The fraction of sp³-hybridized carbons (Fsp3) is 0.368. The van der Waals surface area contributed by atoms with Gasteiger partial charge in [0, 0.05) is 25.3 Å². The van der Waals surface area contributed by atoms with Crippen molar-refractivity contribution in [1.29, 1.82) is 0 Å². The van der Waals surface area contributed by atoms with Crippen LogP contribution < -0.4 is 10.2 Å². The van der Waals surface area contributed by atoms with Crippen LogP contribution in [0.3, 0.4) is 0 Å². The number of benzene rings is 2. The molecule has 0 amide bonds. The second-order valence-corrected chi connectivity index (χ2v) is 5.80. The molecule has 0 fully saturated rings. The van der Waals surface area contributed by atoms with Gasteiger partial charge in [-0.3, -0.25) is 0 Å². The number of rotatable bonds is 6. The SMILES string of the molecule is CNC(CCN(C)c1ccc(C)cc1)c1ccc(C)cc1. The van der Waals surface area contributed by atoms with E-state index in [0.29, 0.717) is 6.04 Å². The Morgan fingerprint density at radius 3 is 1.95 bits per heavy atom. The zero-order valence-corrected chi connectivity index (χ0v) is 13.6. The van der Waals surface area contributed by atoms with Crippen molar-refractivity contribution in [2.24, 2.45) is 0 Å². The average Bonchev–Trinajstić information content (AvgIpc) is 2.50. The van der Waals surface area contributed by atoms with E-state index in [1.807, 2.05) is 7.05 Å². The Bertz CT molecular complexity index is 543. The van der Waals surface area contributed by atoms with E-state index in [1.165, 1.54) is 22.4 Å². The third-order valence-electron chi connectivity index (χ3n) is 4.06. The van der Waals surface area contributed by atoms with Crippen LogP contribution in [-0.4, -0.2) is 20.6 Å². The third-order valence-corrected chi connectivity index (χ3v) is 4.06. The first-order valence-electron chi connectivity index (χ1n) is 7.62. The predicted molar refractivity (Wildman–Crippen MR) is 92.0 cm³/mol. The molecule has 112 valence electrons. The highest BCUT2D eigenvalue weighted by Gasteiger charge is 2.10. The van der Waals surface area contributed by atoms with Crippen molar-refractivity contribution < 1.29 is 0 Å². The van der Waals surface area contributed by atoms with Gasteiger partial charge in [0.05, 0.1) is 0 Å². The lowest BCUT2D eigenvalue weighted by atomic mass is 10.0. The summed E-state index contributed by atoms with van der Waals surface area (Å²) >= 11 is 0. The first-order valence-corrected chi connectivity index (χ1v) is 7.62. The van der Waals surface area contributed by atoms with E-state index in [2.05, 4.69) is 79.6 Å². The Morgan fingerprint density at radius 2 is 1.43 bits per heavy atom. The van der Waals surface area contributed by atoms with Gasteiger partial charge in [0.2, 0.25) is 0 Å². The maximum absolute atomic E-state index is 3.43. The predicted octanol–water partition coefficient (Wildman–Crippen LogP) is 4.09. The van der Waals surface area contributed by atoms with Crippen LogP contribution in [0.25, 0.3) is 0 Å². The summed E-state index contributed by atoms with van der Waals surface area (Å²) in [5, 5.41) is 3.43. The van der Waals surface area contributed by atoms with Crippen LogP contribution in [-0.2, 0) is 0 Å². The number of nitrogens with one attached hydrogen (secondary N) is 1. The van der Waals surface area contributed by atoms with E-state index < -0.39 is 0 Å². The van der Waals surface area contributed by atoms with Crippen molar-refractivity contribution >= 4 is 5.69 Å². The largest absolute Gasteiger partial charge is 0.375 e. The summed E-state index contributed by atoms with van der Waals surface area (Å²) in [6.45, 7) is 5.28. The highest BCUT2D eigenvalue weighted by Crippen LogP contribution is 2.20. The van der Waals surface area contributed by atoms with Gasteiger partial charge in [-0.2, -0.15) is 0 Å². The second kappa shape index (κ2) is 7.28. The number of hydrogen-bond donors (Lipinski definition) is 1. The summed E-state index contributed by atoms with van der Waals surface area (Å²) in [5.41, 5.74) is 5.25. The maximum Gasteiger partial charge on any atom is 0.0363 e. The Hall–Kier alpha value is -1.80. The molecule has 1 unspecified atom stereocenters.